The molecule has 0 aliphatic carbocycles. The molecule has 0 saturated heterocycles. The van der Waals surface area contributed by atoms with Gasteiger partial charge < -0.3 is 10.0 Å². The maximum Gasteiger partial charge on any atom is 0.0471 e. The third-order valence-electron chi connectivity index (χ3n) is 2.92. The minimum atomic E-state index is 0.241. The first kappa shape index (κ1) is 9.53. The van der Waals surface area contributed by atoms with Crippen LogP contribution in [0.2, 0.25) is 0 Å². The summed E-state index contributed by atoms with van der Waals surface area (Å²) in [6, 6.07) is 6.56. The van der Waals surface area contributed by atoms with Gasteiger partial charge >= 0.3 is 0 Å². The SMILES string of the molecule is CCN1CCc2ccc(CCO)cc21. The minimum Gasteiger partial charge on any atom is -0.396 e. The third kappa shape index (κ3) is 1.62. The van der Waals surface area contributed by atoms with Gasteiger partial charge in [-0.2, -0.15) is 0 Å². The fourth-order valence-electron chi connectivity index (χ4n) is 2.10. The molecule has 1 aromatic rings. The van der Waals surface area contributed by atoms with Crippen LogP contribution in [0, 0.1) is 0 Å². The number of hydrogen-bond donors (Lipinski definition) is 1. The van der Waals surface area contributed by atoms with Gasteiger partial charge in [0.2, 0.25) is 0 Å². The molecule has 0 spiro atoms. The number of nitrogens with zero attached hydrogens (tertiary/aromatic N) is 1. The lowest BCUT2D eigenvalue weighted by atomic mass is 10.1. The van der Waals surface area contributed by atoms with E-state index in [1.807, 2.05) is 0 Å². The molecule has 1 aliphatic heterocycles. The molecule has 0 amide bonds. The number of fused-ring (bicyclic) bond motifs is 1. The van der Waals surface area contributed by atoms with Crippen LogP contribution in [0.3, 0.4) is 0 Å². The van der Waals surface area contributed by atoms with Crippen LogP contribution in [-0.4, -0.2) is 24.8 Å². The molecule has 1 aliphatic rings. The maximum absolute atomic E-state index is 8.88. The van der Waals surface area contributed by atoms with E-state index in [-0.39, 0.29) is 6.61 Å². The van der Waals surface area contributed by atoms with E-state index >= 15 is 0 Å². The van der Waals surface area contributed by atoms with E-state index in [9.17, 15) is 0 Å². The zero-order chi connectivity index (χ0) is 9.97. The summed E-state index contributed by atoms with van der Waals surface area (Å²) >= 11 is 0. The first-order valence-electron chi connectivity index (χ1n) is 5.32. The molecule has 0 radical (unpaired) electrons. The quantitative estimate of drug-likeness (QED) is 0.784. The second-order valence-electron chi connectivity index (χ2n) is 3.77. The van der Waals surface area contributed by atoms with Gasteiger partial charge in [-0.1, -0.05) is 12.1 Å². The van der Waals surface area contributed by atoms with Crippen molar-refractivity contribution in [3.63, 3.8) is 0 Å². The summed E-state index contributed by atoms with van der Waals surface area (Å²) in [5.74, 6) is 0. The van der Waals surface area contributed by atoms with Crippen LogP contribution in [0.1, 0.15) is 18.1 Å². The van der Waals surface area contributed by atoms with Gasteiger partial charge in [-0.3, -0.25) is 0 Å². The van der Waals surface area contributed by atoms with E-state index in [0.717, 1.165) is 19.5 Å². The second-order valence-corrected chi connectivity index (χ2v) is 3.77. The van der Waals surface area contributed by atoms with E-state index in [1.165, 1.54) is 23.2 Å². The van der Waals surface area contributed by atoms with Gasteiger partial charge in [-0.15, -0.1) is 0 Å². The Morgan fingerprint density at radius 3 is 3.00 bits per heavy atom. The summed E-state index contributed by atoms with van der Waals surface area (Å²) < 4.78 is 0. The summed E-state index contributed by atoms with van der Waals surface area (Å²) in [6.07, 6.45) is 1.94. The van der Waals surface area contributed by atoms with Gasteiger partial charge in [0.15, 0.2) is 0 Å². The molecule has 2 rings (SSSR count). The Bertz CT molecular complexity index is 322. The zero-order valence-corrected chi connectivity index (χ0v) is 8.66. The van der Waals surface area contributed by atoms with Gasteiger partial charge in [0, 0.05) is 25.4 Å². The van der Waals surface area contributed by atoms with E-state index in [4.69, 9.17) is 5.11 Å². The van der Waals surface area contributed by atoms with Crippen LogP contribution in [-0.2, 0) is 12.8 Å². The molecule has 14 heavy (non-hydrogen) atoms. The zero-order valence-electron chi connectivity index (χ0n) is 8.66. The molecule has 2 nitrogen and oxygen atoms in total. The Kier molecular flexibility index (Phi) is 2.73. The number of anilines is 1. The van der Waals surface area contributed by atoms with Gasteiger partial charge in [0.05, 0.1) is 0 Å². The Labute approximate surface area is 85.2 Å². The predicted octanol–water partition coefficient (Wildman–Crippen LogP) is 1.60. The molecule has 2 heteroatoms. The largest absolute Gasteiger partial charge is 0.396 e. The number of benzene rings is 1. The number of likely N-dealkylation sites (N-methyl/N-ethyl adjacent to an activating group) is 1. The van der Waals surface area contributed by atoms with Crippen LogP contribution in [0.5, 0.6) is 0 Å². The summed E-state index contributed by atoms with van der Waals surface area (Å²) in [5, 5.41) is 8.88. The lowest BCUT2D eigenvalue weighted by Gasteiger charge is -2.17. The lowest BCUT2D eigenvalue weighted by Crippen LogP contribution is -2.19. The van der Waals surface area contributed by atoms with Crippen molar-refractivity contribution in [3.05, 3.63) is 29.3 Å². The fourth-order valence-corrected chi connectivity index (χ4v) is 2.10. The van der Waals surface area contributed by atoms with Crippen molar-refractivity contribution in [3.8, 4) is 0 Å². The molecule has 0 atom stereocenters. The Balaban J connectivity index is 2.28. The van der Waals surface area contributed by atoms with Gasteiger partial charge in [-0.25, -0.2) is 0 Å². The van der Waals surface area contributed by atoms with Crippen LogP contribution in [0.25, 0.3) is 0 Å². The summed E-state index contributed by atoms with van der Waals surface area (Å²) in [6.45, 7) is 4.66. The molecule has 1 heterocycles. The number of aliphatic hydroxyl groups is 1. The monoisotopic (exact) mass is 191 g/mol. The fraction of sp³-hybridized carbons (Fsp3) is 0.500. The van der Waals surface area contributed by atoms with Gasteiger partial charge in [0.25, 0.3) is 0 Å². The highest BCUT2D eigenvalue weighted by Crippen LogP contribution is 2.28. The highest BCUT2D eigenvalue weighted by molar-refractivity contribution is 5.59. The van der Waals surface area contributed by atoms with Crippen molar-refractivity contribution in [2.75, 3.05) is 24.6 Å². The second kappa shape index (κ2) is 4.01. The maximum atomic E-state index is 8.88. The van der Waals surface area contributed by atoms with Crippen LogP contribution in [0.15, 0.2) is 18.2 Å². The molecule has 1 aromatic carbocycles. The molecule has 0 unspecified atom stereocenters. The van der Waals surface area contributed by atoms with Gasteiger partial charge in [0.1, 0.15) is 0 Å². The van der Waals surface area contributed by atoms with Crippen molar-refractivity contribution in [2.45, 2.75) is 19.8 Å². The standard InChI is InChI=1S/C12H17NO/c1-2-13-7-5-11-4-3-10(6-8-14)9-12(11)13/h3-4,9,14H,2,5-8H2,1H3. The average molecular weight is 191 g/mol. The Morgan fingerprint density at radius 2 is 2.29 bits per heavy atom. The summed E-state index contributed by atoms with van der Waals surface area (Å²) in [4.78, 5) is 2.40. The minimum absolute atomic E-state index is 0.241. The molecule has 1 N–H and O–H groups in total. The van der Waals surface area contributed by atoms with Gasteiger partial charge in [-0.05, 0) is 37.0 Å². The van der Waals surface area contributed by atoms with Crippen molar-refractivity contribution in [2.24, 2.45) is 0 Å². The average Bonchev–Trinajstić information content (AvgIpc) is 2.60. The normalized spacial score (nSPS) is 14.6. The van der Waals surface area contributed by atoms with E-state index in [2.05, 4.69) is 30.0 Å². The molecule has 0 bridgehead atoms. The van der Waals surface area contributed by atoms with Crippen molar-refractivity contribution < 1.29 is 5.11 Å². The van der Waals surface area contributed by atoms with Crippen LogP contribution in [0.4, 0.5) is 5.69 Å². The topological polar surface area (TPSA) is 23.5 Å². The smallest absolute Gasteiger partial charge is 0.0471 e. The number of rotatable bonds is 3. The van der Waals surface area contributed by atoms with E-state index in [0.29, 0.717) is 0 Å². The number of hydrogen-bond acceptors (Lipinski definition) is 2. The Hall–Kier alpha value is -1.02. The van der Waals surface area contributed by atoms with E-state index < -0.39 is 0 Å². The highest BCUT2D eigenvalue weighted by atomic mass is 16.2. The third-order valence-corrected chi connectivity index (χ3v) is 2.92. The van der Waals surface area contributed by atoms with Crippen LogP contribution < -0.4 is 4.90 Å². The van der Waals surface area contributed by atoms with Crippen LogP contribution >= 0.6 is 0 Å². The molecular weight excluding hydrogens is 174 g/mol. The number of aliphatic hydroxyl groups excluding tert-OH is 1. The molecule has 0 aromatic heterocycles. The first-order valence-corrected chi connectivity index (χ1v) is 5.32. The lowest BCUT2D eigenvalue weighted by molar-refractivity contribution is 0.299. The van der Waals surface area contributed by atoms with Crippen molar-refractivity contribution in [1.82, 2.24) is 0 Å². The molecule has 0 fully saturated rings. The summed E-state index contributed by atoms with van der Waals surface area (Å²) in [5.41, 5.74) is 4.07. The Morgan fingerprint density at radius 1 is 1.43 bits per heavy atom. The molecular formula is C12H17NO. The van der Waals surface area contributed by atoms with Crippen molar-refractivity contribution >= 4 is 5.69 Å². The highest BCUT2D eigenvalue weighted by Gasteiger charge is 2.17. The first-order chi connectivity index (χ1) is 6.85. The molecule has 0 saturated carbocycles. The van der Waals surface area contributed by atoms with Crippen molar-refractivity contribution in [1.29, 1.82) is 0 Å². The summed E-state index contributed by atoms with van der Waals surface area (Å²) in [7, 11) is 0. The molecule has 76 valence electrons. The van der Waals surface area contributed by atoms with E-state index in [1.54, 1.807) is 0 Å². The predicted molar refractivity (Wildman–Crippen MR) is 58.8 cm³/mol.